The molecule has 1 N–H and O–H groups in total. The Morgan fingerprint density at radius 2 is 1.75 bits per heavy atom. The van der Waals surface area contributed by atoms with Crippen LogP contribution in [0.25, 0.3) is 0 Å². The second-order valence-corrected chi connectivity index (χ2v) is 11.3. The Kier molecular flexibility index (Phi) is 9.14. The number of nitrogens with zero attached hydrogens (tertiary/aromatic N) is 3. The molecule has 12 heteroatoms. The fourth-order valence-electron chi connectivity index (χ4n) is 3.53. The van der Waals surface area contributed by atoms with Gasteiger partial charge in [-0.05, 0) is 51.0 Å². The van der Waals surface area contributed by atoms with Gasteiger partial charge in [0.25, 0.3) is 5.69 Å². The van der Waals surface area contributed by atoms with Crippen molar-refractivity contribution in [3.05, 3.63) is 70.0 Å². The molecule has 1 atom stereocenters. The van der Waals surface area contributed by atoms with Crippen LogP contribution in [0.2, 0.25) is 0 Å². The highest BCUT2D eigenvalue weighted by atomic mass is 32.2. The number of carbonyl (C=O) groups is 2. The highest BCUT2D eigenvalue weighted by Crippen LogP contribution is 2.24. The Morgan fingerprint density at radius 3 is 2.25 bits per heavy atom. The number of anilines is 1. The Morgan fingerprint density at radius 1 is 1.14 bits per heavy atom. The largest absolute Gasteiger partial charge is 0.350 e. The molecular formula is C24H31FN4O6S. The van der Waals surface area contributed by atoms with E-state index in [2.05, 4.69) is 5.32 Å². The third-order valence-electron chi connectivity index (χ3n) is 5.16. The number of nitrogens with one attached hydrogen (secondary N) is 1. The van der Waals surface area contributed by atoms with Crippen molar-refractivity contribution in [2.45, 2.75) is 52.2 Å². The zero-order valence-electron chi connectivity index (χ0n) is 20.9. The first-order chi connectivity index (χ1) is 16.6. The smallest absolute Gasteiger partial charge is 0.271 e. The van der Waals surface area contributed by atoms with Gasteiger partial charge < -0.3 is 10.2 Å². The summed E-state index contributed by atoms with van der Waals surface area (Å²) in [7, 11) is -4.04. The summed E-state index contributed by atoms with van der Waals surface area (Å²) in [5, 5.41) is 14.0. The maximum Gasteiger partial charge on any atom is 0.271 e. The average Bonchev–Trinajstić information content (AvgIpc) is 2.76. The molecule has 2 rings (SSSR count). The van der Waals surface area contributed by atoms with Gasteiger partial charge in [-0.3, -0.25) is 24.0 Å². The topological polar surface area (TPSA) is 130 Å². The number of hydrogen-bond donors (Lipinski definition) is 1. The number of nitro groups is 1. The Balaban J connectivity index is 2.49. The van der Waals surface area contributed by atoms with Gasteiger partial charge >= 0.3 is 0 Å². The minimum atomic E-state index is -4.04. The normalized spacial score (nSPS) is 12.5. The molecule has 0 heterocycles. The predicted octanol–water partition coefficient (Wildman–Crippen LogP) is 3.22. The van der Waals surface area contributed by atoms with E-state index in [1.807, 2.05) is 0 Å². The van der Waals surface area contributed by atoms with Crippen LogP contribution in [0, 0.1) is 15.9 Å². The van der Waals surface area contributed by atoms with Crippen LogP contribution in [0.1, 0.15) is 39.7 Å². The standard InChI is InChI=1S/C24H31FN4O6S/c1-6-21(23(31)26-24(2,3)4)27(15-17-10-12-18(25)13-11-17)22(30)16-28(36(5,34)35)19-8-7-9-20(14-19)29(32)33/h7-14,21H,6,15-16H2,1-5H3,(H,26,31)/t21-/m1/s1. The number of carbonyl (C=O) groups excluding carboxylic acids is 2. The zero-order chi connectivity index (χ0) is 27.3. The van der Waals surface area contributed by atoms with Crippen LogP contribution in [0.4, 0.5) is 15.8 Å². The molecule has 0 saturated carbocycles. The molecule has 0 aliphatic heterocycles. The summed E-state index contributed by atoms with van der Waals surface area (Å²) in [6, 6.07) is 9.36. The van der Waals surface area contributed by atoms with Gasteiger partial charge in [-0.1, -0.05) is 25.1 Å². The van der Waals surface area contributed by atoms with Crippen molar-refractivity contribution in [2.24, 2.45) is 0 Å². The molecule has 0 bridgehead atoms. The van der Waals surface area contributed by atoms with Gasteiger partial charge in [0.15, 0.2) is 0 Å². The molecule has 36 heavy (non-hydrogen) atoms. The van der Waals surface area contributed by atoms with Crippen LogP contribution in [-0.4, -0.2) is 54.4 Å². The van der Waals surface area contributed by atoms with Crippen molar-refractivity contribution in [2.75, 3.05) is 17.1 Å². The lowest BCUT2D eigenvalue weighted by Gasteiger charge is -2.34. The average molecular weight is 523 g/mol. The number of nitro benzene ring substituents is 1. The summed E-state index contributed by atoms with van der Waals surface area (Å²) in [5.41, 5.74) is -0.452. The number of amides is 2. The second-order valence-electron chi connectivity index (χ2n) is 9.36. The quantitative estimate of drug-likeness (QED) is 0.377. The maximum atomic E-state index is 13.6. The molecule has 10 nitrogen and oxygen atoms in total. The first-order valence-corrected chi connectivity index (χ1v) is 13.1. The van der Waals surface area contributed by atoms with E-state index in [-0.39, 0.29) is 24.3 Å². The van der Waals surface area contributed by atoms with Crippen LogP contribution in [-0.2, 0) is 26.2 Å². The molecule has 0 spiro atoms. The Hall–Kier alpha value is -3.54. The lowest BCUT2D eigenvalue weighted by atomic mass is 10.1. The molecule has 196 valence electrons. The van der Waals surface area contributed by atoms with E-state index in [1.54, 1.807) is 27.7 Å². The van der Waals surface area contributed by atoms with Crippen molar-refractivity contribution in [1.82, 2.24) is 10.2 Å². The molecule has 2 aromatic carbocycles. The monoisotopic (exact) mass is 522 g/mol. The lowest BCUT2D eigenvalue weighted by molar-refractivity contribution is -0.384. The Bertz CT molecular complexity index is 1210. The van der Waals surface area contributed by atoms with Gasteiger partial charge in [0, 0.05) is 24.2 Å². The number of halogens is 1. The van der Waals surface area contributed by atoms with E-state index in [0.29, 0.717) is 5.56 Å². The summed E-state index contributed by atoms with van der Waals surface area (Å²) in [6.07, 6.45) is 1.11. The first kappa shape index (κ1) is 28.7. The zero-order valence-corrected chi connectivity index (χ0v) is 21.7. The minimum absolute atomic E-state index is 0.0611. The van der Waals surface area contributed by atoms with Gasteiger partial charge in [0.2, 0.25) is 21.8 Å². The van der Waals surface area contributed by atoms with Gasteiger partial charge in [-0.25, -0.2) is 12.8 Å². The van der Waals surface area contributed by atoms with Crippen LogP contribution in [0.5, 0.6) is 0 Å². The van der Waals surface area contributed by atoms with E-state index in [1.165, 1.54) is 47.4 Å². The molecular weight excluding hydrogens is 491 g/mol. The summed E-state index contributed by atoms with van der Waals surface area (Å²) in [6.45, 7) is 6.31. The minimum Gasteiger partial charge on any atom is -0.350 e. The van der Waals surface area contributed by atoms with Crippen LogP contribution < -0.4 is 9.62 Å². The molecule has 2 amide bonds. The summed E-state index contributed by atoms with van der Waals surface area (Å²) in [5.74, 6) is -1.60. The summed E-state index contributed by atoms with van der Waals surface area (Å²) >= 11 is 0. The van der Waals surface area contributed by atoms with Crippen molar-refractivity contribution >= 4 is 33.2 Å². The SMILES string of the molecule is CC[C@H](C(=O)NC(C)(C)C)N(Cc1ccc(F)cc1)C(=O)CN(c1cccc([N+](=O)[O-])c1)S(C)(=O)=O. The fourth-order valence-corrected chi connectivity index (χ4v) is 4.38. The van der Waals surface area contributed by atoms with Crippen LogP contribution >= 0.6 is 0 Å². The van der Waals surface area contributed by atoms with Crippen molar-refractivity contribution in [3.8, 4) is 0 Å². The third kappa shape index (κ3) is 8.01. The van der Waals surface area contributed by atoms with Gasteiger partial charge in [0.05, 0.1) is 16.9 Å². The van der Waals surface area contributed by atoms with E-state index in [9.17, 15) is 32.5 Å². The van der Waals surface area contributed by atoms with E-state index in [4.69, 9.17) is 0 Å². The summed E-state index contributed by atoms with van der Waals surface area (Å²) < 4.78 is 39.4. The third-order valence-corrected chi connectivity index (χ3v) is 6.30. The van der Waals surface area contributed by atoms with E-state index in [0.717, 1.165) is 16.6 Å². The predicted molar refractivity (Wildman–Crippen MR) is 134 cm³/mol. The molecule has 0 saturated heterocycles. The second kappa shape index (κ2) is 11.5. The van der Waals surface area contributed by atoms with Gasteiger partial charge in [-0.2, -0.15) is 0 Å². The highest BCUT2D eigenvalue weighted by Gasteiger charge is 2.33. The maximum absolute atomic E-state index is 13.6. The highest BCUT2D eigenvalue weighted by molar-refractivity contribution is 7.92. The van der Waals surface area contributed by atoms with E-state index < -0.39 is 50.7 Å². The van der Waals surface area contributed by atoms with Gasteiger partial charge in [-0.15, -0.1) is 0 Å². The number of rotatable bonds is 10. The van der Waals surface area contributed by atoms with Crippen molar-refractivity contribution < 1.29 is 27.3 Å². The number of sulfonamides is 1. The molecule has 0 aromatic heterocycles. The van der Waals surface area contributed by atoms with Crippen molar-refractivity contribution in [3.63, 3.8) is 0 Å². The van der Waals surface area contributed by atoms with Crippen molar-refractivity contribution in [1.29, 1.82) is 0 Å². The van der Waals surface area contributed by atoms with Gasteiger partial charge in [0.1, 0.15) is 18.4 Å². The fraction of sp³-hybridized carbons (Fsp3) is 0.417. The molecule has 0 unspecified atom stereocenters. The molecule has 0 aliphatic rings. The molecule has 0 aliphatic carbocycles. The molecule has 2 aromatic rings. The molecule has 0 fully saturated rings. The number of hydrogen-bond acceptors (Lipinski definition) is 6. The lowest BCUT2D eigenvalue weighted by Crippen LogP contribution is -2.55. The Labute approximate surface area is 210 Å². The molecule has 0 radical (unpaired) electrons. The number of benzene rings is 2. The summed E-state index contributed by atoms with van der Waals surface area (Å²) in [4.78, 5) is 38.4. The van der Waals surface area contributed by atoms with E-state index >= 15 is 0 Å². The van der Waals surface area contributed by atoms with Crippen LogP contribution in [0.3, 0.4) is 0 Å². The van der Waals surface area contributed by atoms with Crippen LogP contribution in [0.15, 0.2) is 48.5 Å². The first-order valence-electron chi connectivity index (χ1n) is 11.2. The number of non-ortho nitro benzene ring substituents is 1.